The summed E-state index contributed by atoms with van der Waals surface area (Å²) in [6, 6.07) is 9.66. The zero-order valence-electron chi connectivity index (χ0n) is 13.2. The second kappa shape index (κ2) is 7.26. The molecule has 0 heterocycles. The van der Waals surface area contributed by atoms with Crippen molar-refractivity contribution >= 4 is 15.7 Å². The summed E-state index contributed by atoms with van der Waals surface area (Å²) in [6.07, 6.45) is -4.66. The fourth-order valence-corrected chi connectivity index (χ4v) is 3.08. The van der Waals surface area contributed by atoms with Crippen molar-refractivity contribution in [1.82, 2.24) is 5.32 Å². The van der Waals surface area contributed by atoms with Crippen molar-refractivity contribution in [2.75, 3.05) is 5.75 Å². The molecule has 0 radical (unpaired) electrons. The van der Waals surface area contributed by atoms with Crippen molar-refractivity contribution in [3.8, 4) is 0 Å². The van der Waals surface area contributed by atoms with Gasteiger partial charge < -0.3 is 5.32 Å². The van der Waals surface area contributed by atoms with E-state index in [2.05, 4.69) is 0 Å². The molecule has 1 amide bonds. The molecule has 0 saturated carbocycles. The van der Waals surface area contributed by atoms with Gasteiger partial charge in [-0.25, -0.2) is 8.42 Å². The molecule has 0 bridgehead atoms. The molecule has 8 heteroatoms. The van der Waals surface area contributed by atoms with Crippen molar-refractivity contribution in [3.63, 3.8) is 0 Å². The second-order valence-electron chi connectivity index (χ2n) is 5.29. The highest BCUT2D eigenvalue weighted by Crippen LogP contribution is 2.32. The van der Waals surface area contributed by atoms with Crippen LogP contribution < -0.4 is 5.32 Å². The predicted molar refractivity (Wildman–Crippen MR) is 86.9 cm³/mol. The van der Waals surface area contributed by atoms with E-state index < -0.39 is 28.0 Å². The first kappa shape index (κ1) is 19.0. The number of alkyl halides is 3. The van der Waals surface area contributed by atoms with Crippen molar-refractivity contribution in [3.05, 3.63) is 65.7 Å². The number of nitrogens with one attached hydrogen (secondary N) is 1. The van der Waals surface area contributed by atoms with E-state index in [9.17, 15) is 26.4 Å². The Labute approximate surface area is 143 Å². The first-order chi connectivity index (χ1) is 11.6. The van der Waals surface area contributed by atoms with Crippen LogP contribution in [0.2, 0.25) is 0 Å². The van der Waals surface area contributed by atoms with Crippen LogP contribution in [0.4, 0.5) is 13.2 Å². The molecule has 0 aliphatic rings. The van der Waals surface area contributed by atoms with Gasteiger partial charge in [0.1, 0.15) is 0 Å². The number of amides is 1. The molecule has 0 aliphatic carbocycles. The number of benzene rings is 2. The van der Waals surface area contributed by atoms with Gasteiger partial charge in [0.15, 0.2) is 15.9 Å². The Morgan fingerprint density at radius 3 is 2.08 bits per heavy atom. The Morgan fingerprint density at radius 2 is 1.60 bits per heavy atom. The van der Waals surface area contributed by atoms with Crippen molar-refractivity contribution in [2.45, 2.75) is 24.0 Å². The number of halogens is 3. The van der Waals surface area contributed by atoms with E-state index in [1.807, 2.05) is 5.32 Å². The van der Waals surface area contributed by atoms with Crippen molar-refractivity contribution in [1.29, 1.82) is 0 Å². The quantitative estimate of drug-likeness (QED) is 0.875. The summed E-state index contributed by atoms with van der Waals surface area (Å²) in [5, 5.41) is 1.95. The van der Waals surface area contributed by atoms with Crippen LogP contribution in [-0.4, -0.2) is 26.3 Å². The van der Waals surface area contributed by atoms with Crippen molar-refractivity contribution < 1.29 is 26.4 Å². The van der Waals surface area contributed by atoms with Crippen LogP contribution in [0.3, 0.4) is 0 Å². The van der Waals surface area contributed by atoms with Crippen LogP contribution in [0.5, 0.6) is 0 Å². The number of hydrogen-bond acceptors (Lipinski definition) is 3. The highest BCUT2D eigenvalue weighted by Gasteiger charge is 2.41. The topological polar surface area (TPSA) is 63.2 Å². The first-order valence-corrected chi connectivity index (χ1v) is 9.05. The summed E-state index contributed by atoms with van der Waals surface area (Å²) in [7, 11) is -3.44. The number of sulfone groups is 1. The van der Waals surface area contributed by atoms with E-state index in [4.69, 9.17) is 0 Å². The van der Waals surface area contributed by atoms with Gasteiger partial charge in [-0.15, -0.1) is 0 Å². The summed E-state index contributed by atoms with van der Waals surface area (Å²) in [4.78, 5) is 12.2. The third-order valence-corrected chi connectivity index (χ3v) is 5.34. The Bertz CT molecular complexity index is 832. The second-order valence-corrected chi connectivity index (χ2v) is 7.56. The minimum atomic E-state index is -4.66. The lowest BCUT2D eigenvalue weighted by Crippen LogP contribution is -2.38. The highest BCUT2D eigenvalue weighted by atomic mass is 32.2. The molecule has 25 heavy (non-hydrogen) atoms. The lowest BCUT2D eigenvalue weighted by atomic mass is 10.1. The lowest BCUT2D eigenvalue weighted by Gasteiger charge is -2.22. The standard InChI is InChI=1S/C17H16F3NO3S/c1-2-25(23,24)14-10-8-13(9-11-14)16(22)21-15(17(18,19)20)12-6-4-3-5-7-12/h3-11,15H,2H2,1H3,(H,21,22). The van der Waals surface area contributed by atoms with Crippen LogP contribution in [0.15, 0.2) is 59.5 Å². The molecule has 0 fully saturated rings. The van der Waals surface area contributed by atoms with Gasteiger partial charge in [-0.1, -0.05) is 37.3 Å². The molecule has 134 valence electrons. The van der Waals surface area contributed by atoms with E-state index in [1.165, 1.54) is 55.5 Å². The van der Waals surface area contributed by atoms with Gasteiger partial charge in [0.25, 0.3) is 5.91 Å². The van der Waals surface area contributed by atoms with Crippen molar-refractivity contribution in [2.24, 2.45) is 0 Å². The summed E-state index contributed by atoms with van der Waals surface area (Å²) in [6.45, 7) is 1.48. The van der Waals surface area contributed by atoms with Crippen LogP contribution in [0.25, 0.3) is 0 Å². The molecule has 4 nitrogen and oxygen atoms in total. The van der Waals surface area contributed by atoms with Crippen LogP contribution >= 0.6 is 0 Å². The Morgan fingerprint density at radius 1 is 1.04 bits per heavy atom. The summed E-state index contributed by atoms with van der Waals surface area (Å²) in [5.41, 5.74) is -0.145. The SMILES string of the molecule is CCS(=O)(=O)c1ccc(C(=O)NC(c2ccccc2)C(F)(F)F)cc1. The molecule has 1 N–H and O–H groups in total. The van der Waals surface area contributed by atoms with E-state index in [0.29, 0.717) is 0 Å². The number of carbonyl (C=O) groups excluding carboxylic acids is 1. The minimum absolute atomic E-state index is 0.0157. The van der Waals surface area contributed by atoms with E-state index in [-0.39, 0.29) is 21.8 Å². The number of carbonyl (C=O) groups is 1. The Kier molecular flexibility index (Phi) is 5.52. The zero-order valence-corrected chi connectivity index (χ0v) is 14.1. The minimum Gasteiger partial charge on any atom is -0.337 e. The van der Waals surface area contributed by atoms with Gasteiger partial charge in [-0.2, -0.15) is 13.2 Å². The number of rotatable bonds is 5. The zero-order chi connectivity index (χ0) is 18.7. The maximum Gasteiger partial charge on any atom is 0.412 e. The molecule has 2 aromatic carbocycles. The summed E-state index contributed by atoms with van der Waals surface area (Å²) < 4.78 is 63.2. The van der Waals surface area contributed by atoms with Gasteiger partial charge in [0, 0.05) is 5.56 Å². The van der Waals surface area contributed by atoms with Gasteiger partial charge in [0.05, 0.1) is 10.6 Å². The average Bonchev–Trinajstić information content (AvgIpc) is 2.59. The van der Waals surface area contributed by atoms with Gasteiger partial charge in [-0.05, 0) is 29.8 Å². The van der Waals surface area contributed by atoms with Gasteiger partial charge in [0.2, 0.25) is 0 Å². The Hall–Kier alpha value is -2.35. The largest absolute Gasteiger partial charge is 0.412 e. The number of hydrogen-bond donors (Lipinski definition) is 1. The maximum atomic E-state index is 13.3. The predicted octanol–water partition coefficient (Wildman–Crippen LogP) is 3.51. The average molecular weight is 371 g/mol. The van der Waals surface area contributed by atoms with Crippen LogP contribution in [-0.2, 0) is 9.84 Å². The Balaban J connectivity index is 2.25. The molecule has 0 aromatic heterocycles. The molecule has 1 unspecified atom stereocenters. The lowest BCUT2D eigenvalue weighted by molar-refractivity contribution is -0.155. The third kappa shape index (κ3) is 4.60. The monoisotopic (exact) mass is 371 g/mol. The van der Waals surface area contributed by atoms with Crippen LogP contribution in [0, 0.1) is 0 Å². The smallest absolute Gasteiger partial charge is 0.337 e. The van der Waals surface area contributed by atoms with E-state index >= 15 is 0 Å². The van der Waals surface area contributed by atoms with E-state index in [1.54, 1.807) is 6.07 Å². The van der Waals surface area contributed by atoms with E-state index in [0.717, 1.165) is 0 Å². The molecule has 2 aromatic rings. The highest BCUT2D eigenvalue weighted by molar-refractivity contribution is 7.91. The first-order valence-electron chi connectivity index (χ1n) is 7.40. The molecule has 2 rings (SSSR count). The van der Waals surface area contributed by atoms with Gasteiger partial charge >= 0.3 is 6.18 Å². The molecule has 0 saturated heterocycles. The van der Waals surface area contributed by atoms with Gasteiger partial charge in [-0.3, -0.25) is 4.79 Å². The fourth-order valence-electron chi connectivity index (χ4n) is 2.19. The molecule has 1 atom stereocenters. The maximum absolute atomic E-state index is 13.3. The molecular weight excluding hydrogens is 355 g/mol. The normalized spacial score (nSPS) is 13.3. The third-order valence-electron chi connectivity index (χ3n) is 3.59. The summed E-state index contributed by atoms with van der Waals surface area (Å²) >= 11 is 0. The fraction of sp³-hybridized carbons (Fsp3) is 0.235. The molecule has 0 spiro atoms. The summed E-state index contributed by atoms with van der Waals surface area (Å²) in [5.74, 6) is -1.05. The molecule has 0 aliphatic heterocycles. The molecular formula is C17H16F3NO3S. The van der Waals surface area contributed by atoms with Crippen LogP contribution in [0.1, 0.15) is 28.9 Å².